The van der Waals surface area contributed by atoms with Crippen LogP contribution in [-0.2, 0) is 0 Å². The van der Waals surface area contributed by atoms with Gasteiger partial charge in [0.1, 0.15) is 17.4 Å². The lowest BCUT2D eigenvalue weighted by Crippen LogP contribution is -2.12. The highest BCUT2D eigenvalue weighted by Crippen LogP contribution is 2.29. The number of Topliss-reactive ketones (excluding diaryl/α,β-unsaturated/α-hetero) is 1. The van der Waals surface area contributed by atoms with Gasteiger partial charge in [-0.1, -0.05) is 6.07 Å². The molecule has 0 bridgehead atoms. The first-order valence-corrected chi connectivity index (χ1v) is 6.27. The Kier molecular flexibility index (Phi) is 4.52. The van der Waals surface area contributed by atoms with Crippen LogP contribution in [0.15, 0.2) is 42.7 Å². The number of ketones is 1. The zero-order valence-corrected chi connectivity index (χ0v) is 11.7. The number of ether oxygens (including phenoxy) is 2. The van der Waals surface area contributed by atoms with Crippen molar-refractivity contribution >= 4 is 5.78 Å². The minimum absolute atomic E-state index is 0.329. The average Bonchev–Trinajstić information content (AvgIpc) is 2.55. The van der Waals surface area contributed by atoms with E-state index >= 15 is 0 Å². The third-order valence-electron chi connectivity index (χ3n) is 3.08. The third kappa shape index (κ3) is 3.00. The molecular formula is C16H14N2O3. The topological polar surface area (TPSA) is 72.2 Å². The van der Waals surface area contributed by atoms with Crippen molar-refractivity contribution in [1.29, 1.82) is 5.26 Å². The summed E-state index contributed by atoms with van der Waals surface area (Å²) in [6.07, 6.45) is 3.11. The van der Waals surface area contributed by atoms with Crippen molar-refractivity contribution < 1.29 is 14.3 Å². The first kappa shape index (κ1) is 14.5. The van der Waals surface area contributed by atoms with Crippen LogP contribution >= 0.6 is 0 Å². The highest BCUT2D eigenvalue weighted by molar-refractivity contribution is 6.04. The molecular weight excluding hydrogens is 268 g/mol. The first-order chi connectivity index (χ1) is 10.2. The molecule has 2 aromatic rings. The molecule has 1 aromatic carbocycles. The number of methoxy groups -OCH3 is 2. The Morgan fingerprint density at radius 3 is 2.67 bits per heavy atom. The van der Waals surface area contributed by atoms with E-state index in [9.17, 15) is 10.1 Å². The minimum atomic E-state index is -0.916. The smallest absolute Gasteiger partial charge is 0.188 e. The molecule has 0 aliphatic rings. The van der Waals surface area contributed by atoms with E-state index in [2.05, 4.69) is 4.98 Å². The molecule has 0 saturated carbocycles. The molecule has 2 rings (SSSR count). The van der Waals surface area contributed by atoms with E-state index in [1.807, 2.05) is 6.07 Å². The molecule has 0 N–H and O–H groups in total. The van der Waals surface area contributed by atoms with Crippen LogP contribution in [0.3, 0.4) is 0 Å². The highest BCUT2D eigenvalue weighted by Gasteiger charge is 2.25. The van der Waals surface area contributed by atoms with Crippen LogP contribution in [0, 0.1) is 11.3 Å². The Morgan fingerprint density at radius 2 is 2.10 bits per heavy atom. The quantitative estimate of drug-likeness (QED) is 0.788. The molecule has 1 heterocycles. The predicted octanol–water partition coefficient (Wildman–Crippen LogP) is 2.59. The molecule has 0 fully saturated rings. The summed E-state index contributed by atoms with van der Waals surface area (Å²) in [7, 11) is 3.00. The second-order valence-corrected chi connectivity index (χ2v) is 4.28. The summed E-state index contributed by atoms with van der Waals surface area (Å²) in [5, 5.41) is 9.31. The van der Waals surface area contributed by atoms with Gasteiger partial charge in [-0.3, -0.25) is 9.78 Å². The van der Waals surface area contributed by atoms with Crippen LogP contribution < -0.4 is 9.47 Å². The van der Waals surface area contributed by atoms with Crippen LogP contribution in [-0.4, -0.2) is 25.0 Å². The average molecular weight is 282 g/mol. The molecule has 1 aromatic heterocycles. The van der Waals surface area contributed by atoms with Gasteiger partial charge in [0.05, 0.1) is 25.9 Å². The number of nitriles is 1. The van der Waals surface area contributed by atoms with E-state index in [1.54, 1.807) is 36.5 Å². The van der Waals surface area contributed by atoms with Crippen molar-refractivity contribution in [3.8, 4) is 17.6 Å². The number of pyridine rings is 1. The number of carbonyl (C=O) groups is 1. The van der Waals surface area contributed by atoms with E-state index in [-0.39, 0.29) is 5.78 Å². The Balaban J connectivity index is 2.41. The Labute approximate surface area is 122 Å². The second-order valence-electron chi connectivity index (χ2n) is 4.28. The monoisotopic (exact) mass is 282 g/mol. The summed E-state index contributed by atoms with van der Waals surface area (Å²) in [5.41, 5.74) is 0.900. The van der Waals surface area contributed by atoms with Gasteiger partial charge >= 0.3 is 0 Å². The van der Waals surface area contributed by atoms with Crippen LogP contribution in [0.4, 0.5) is 0 Å². The van der Waals surface area contributed by atoms with Gasteiger partial charge in [0.25, 0.3) is 0 Å². The summed E-state index contributed by atoms with van der Waals surface area (Å²) in [4.78, 5) is 16.5. The molecule has 0 aliphatic heterocycles. The zero-order chi connectivity index (χ0) is 15.2. The van der Waals surface area contributed by atoms with Crippen molar-refractivity contribution in [2.75, 3.05) is 14.2 Å². The van der Waals surface area contributed by atoms with Crippen molar-refractivity contribution in [3.63, 3.8) is 0 Å². The number of hydrogen-bond acceptors (Lipinski definition) is 5. The highest BCUT2D eigenvalue weighted by atomic mass is 16.5. The molecule has 0 amide bonds. The molecule has 5 nitrogen and oxygen atoms in total. The van der Waals surface area contributed by atoms with Gasteiger partial charge in [0.2, 0.25) is 0 Å². The molecule has 1 unspecified atom stereocenters. The lowest BCUT2D eigenvalue weighted by atomic mass is 9.92. The molecule has 0 aliphatic carbocycles. The summed E-state index contributed by atoms with van der Waals surface area (Å²) < 4.78 is 10.3. The third-order valence-corrected chi connectivity index (χ3v) is 3.08. The zero-order valence-electron chi connectivity index (χ0n) is 11.7. The summed E-state index contributed by atoms with van der Waals surface area (Å²) >= 11 is 0. The van der Waals surface area contributed by atoms with E-state index in [1.165, 1.54) is 20.4 Å². The van der Waals surface area contributed by atoms with E-state index in [0.29, 0.717) is 22.6 Å². The van der Waals surface area contributed by atoms with Crippen molar-refractivity contribution in [1.82, 2.24) is 4.98 Å². The van der Waals surface area contributed by atoms with Crippen molar-refractivity contribution in [2.24, 2.45) is 0 Å². The fraction of sp³-hybridized carbons (Fsp3) is 0.188. The number of hydrogen-bond donors (Lipinski definition) is 0. The van der Waals surface area contributed by atoms with Crippen LogP contribution in [0.5, 0.6) is 11.5 Å². The largest absolute Gasteiger partial charge is 0.497 e. The van der Waals surface area contributed by atoms with Gasteiger partial charge in [0.15, 0.2) is 5.78 Å². The van der Waals surface area contributed by atoms with Crippen molar-refractivity contribution in [3.05, 3.63) is 53.9 Å². The molecule has 0 spiro atoms. The van der Waals surface area contributed by atoms with Crippen LogP contribution in [0.1, 0.15) is 21.8 Å². The van der Waals surface area contributed by atoms with Gasteiger partial charge in [-0.05, 0) is 23.8 Å². The van der Waals surface area contributed by atoms with Crippen molar-refractivity contribution in [2.45, 2.75) is 5.92 Å². The van der Waals surface area contributed by atoms with E-state index in [4.69, 9.17) is 9.47 Å². The normalized spacial score (nSPS) is 11.3. The lowest BCUT2D eigenvalue weighted by Gasteiger charge is -2.12. The SMILES string of the molecule is COc1ccc(C(=O)C(C#N)c2cccnc2)c(OC)c1. The second kappa shape index (κ2) is 6.53. The number of carbonyl (C=O) groups excluding carboxylic acids is 1. The molecule has 0 radical (unpaired) electrons. The molecule has 106 valence electrons. The lowest BCUT2D eigenvalue weighted by molar-refractivity contribution is 0.0975. The fourth-order valence-corrected chi connectivity index (χ4v) is 1.99. The maximum absolute atomic E-state index is 12.6. The van der Waals surface area contributed by atoms with E-state index < -0.39 is 5.92 Å². The fourth-order valence-electron chi connectivity index (χ4n) is 1.99. The summed E-state index contributed by atoms with van der Waals surface area (Å²) in [6.45, 7) is 0. The Bertz CT molecular complexity index is 678. The molecule has 0 saturated heterocycles. The molecule has 5 heteroatoms. The number of nitrogens with zero attached hydrogens (tertiary/aromatic N) is 2. The standard InChI is InChI=1S/C16H14N2O3/c1-20-12-5-6-13(15(8-12)21-2)16(19)14(9-17)11-4-3-7-18-10-11/h3-8,10,14H,1-2H3. The van der Waals surface area contributed by atoms with Gasteiger partial charge in [-0.25, -0.2) is 0 Å². The van der Waals surface area contributed by atoms with Gasteiger partial charge < -0.3 is 9.47 Å². The van der Waals surface area contributed by atoms with Gasteiger partial charge in [0, 0.05) is 18.5 Å². The van der Waals surface area contributed by atoms with E-state index in [0.717, 1.165) is 0 Å². The van der Waals surface area contributed by atoms with Gasteiger partial charge in [-0.15, -0.1) is 0 Å². The molecule has 21 heavy (non-hydrogen) atoms. The number of rotatable bonds is 5. The Morgan fingerprint density at radius 1 is 1.29 bits per heavy atom. The molecule has 1 atom stereocenters. The maximum atomic E-state index is 12.6. The first-order valence-electron chi connectivity index (χ1n) is 6.27. The predicted molar refractivity (Wildman–Crippen MR) is 76.5 cm³/mol. The minimum Gasteiger partial charge on any atom is -0.497 e. The van der Waals surface area contributed by atoms with Gasteiger partial charge in [-0.2, -0.15) is 5.26 Å². The summed E-state index contributed by atoms with van der Waals surface area (Å²) in [5.74, 6) is -0.284. The summed E-state index contributed by atoms with van der Waals surface area (Å²) in [6, 6.07) is 10.3. The number of benzene rings is 1. The maximum Gasteiger partial charge on any atom is 0.188 e. The van der Waals surface area contributed by atoms with Crippen LogP contribution in [0.2, 0.25) is 0 Å². The Hall–Kier alpha value is -2.87. The van der Waals surface area contributed by atoms with Crippen LogP contribution in [0.25, 0.3) is 0 Å². The number of aromatic nitrogens is 1.